The van der Waals surface area contributed by atoms with Crippen LogP contribution in [0.1, 0.15) is 37.9 Å². The summed E-state index contributed by atoms with van der Waals surface area (Å²) in [6.07, 6.45) is 1.03. The van der Waals surface area contributed by atoms with Gasteiger partial charge in [-0.3, -0.25) is 4.99 Å². The lowest BCUT2D eigenvalue weighted by molar-refractivity contribution is 0.319. The van der Waals surface area contributed by atoms with E-state index in [0.29, 0.717) is 12.5 Å². The van der Waals surface area contributed by atoms with Crippen LogP contribution in [0.25, 0.3) is 0 Å². The summed E-state index contributed by atoms with van der Waals surface area (Å²) in [6.45, 7) is 7.04. The average molecular weight is 246 g/mol. The predicted molar refractivity (Wildman–Crippen MR) is 76.6 cm³/mol. The SMILES string of the molecule is CCN=C(N)Nc1ccc2c(c1)C(N)C(C)(C)C2. The Morgan fingerprint density at radius 2 is 2.22 bits per heavy atom. The normalized spacial score (nSPS) is 21.8. The fourth-order valence-electron chi connectivity index (χ4n) is 2.50. The van der Waals surface area contributed by atoms with Crippen LogP contribution in [0.3, 0.4) is 0 Å². The highest BCUT2D eigenvalue weighted by Gasteiger charge is 2.36. The van der Waals surface area contributed by atoms with Crippen molar-refractivity contribution in [3.8, 4) is 0 Å². The molecule has 1 aliphatic rings. The fraction of sp³-hybridized carbons (Fsp3) is 0.500. The topological polar surface area (TPSA) is 76.4 Å². The van der Waals surface area contributed by atoms with Crippen molar-refractivity contribution < 1.29 is 0 Å². The molecule has 0 spiro atoms. The second-order valence-electron chi connectivity index (χ2n) is 5.54. The molecule has 0 radical (unpaired) electrons. The first-order valence-corrected chi connectivity index (χ1v) is 6.39. The van der Waals surface area contributed by atoms with Gasteiger partial charge < -0.3 is 16.8 Å². The van der Waals surface area contributed by atoms with Gasteiger partial charge in [-0.2, -0.15) is 0 Å². The number of nitrogens with two attached hydrogens (primary N) is 2. The van der Waals surface area contributed by atoms with Crippen molar-refractivity contribution >= 4 is 11.6 Å². The second-order valence-corrected chi connectivity index (χ2v) is 5.54. The van der Waals surface area contributed by atoms with E-state index in [-0.39, 0.29) is 11.5 Å². The Labute approximate surface area is 108 Å². The Bertz CT molecular complexity index is 477. The minimum atomic E-state index is 0.0820. The molecule has 1 atom stereocenters. The summed E-state index contributed by atoms with van der Waals surface area (Å²) in [5.74, 6) is 0.447. The first kappa shape index (κ1) is 12.9. The smallest absolute Gasteiger partial charge is 0.193 e. The molecular weight excluding hydrogens is 224 g/mol. The van der Waals surface area contributed by atoms with E-state index in [0.717, 1.165) is 12.1 Å². The third kappa shape index (κ3) is 2.34. The summed E-state index contributed by atoms with van der Waals surface area (Å²) in [6, 6.07) is 6.34. The van der Waals surface area contributed by atoms with Gasteiger partial charge in [0.1, 0.15) is 0 Å². The van der Waals surface area contributed by atoms with Gasteiger partial charge in [0.25, 0.3) is 0 Å². The van der Waals surface area contributed by atoms with E-state index in [9.17, 15) is 0 Å². The van der Waals surface area contributed by atoms with Crippen molar-refractivity contribution in [1.29, 1.82) is 0 Å². The van der Waals surface area contributed by atoms with E-state index in [1.807, 2.05) is 13.0 Å². The van der Waals surface area contributed by atoms with Gasteiger partial charge in [-0.05, 0) is 42.0 Å². The molecule has 0 aliphatic heterocycles. The molecular formula is C14H22N4. The molecule has 2 rings (SSSR count). The Morgan fingerprint density at radius 1 is 1.50 bits per heavy atom. The number of hydrogen-bond acceptors (Lipinski definition) is 2. The molecule has 0 saturated carbocycles. The van der Waals surface area contributed by atoms with Crippen molar-refractivity contribution in [2.45, 2.75) is 33.2 Å². The second kappa shape index (κ2) is 4.61. The van der Waals surface area contributed by atoms with Gasteiger partial charge in [0.2, 0.25) is 0 Å². The van der Waals surface area contributed by atoms with Gasteiger partial charge in [0.15, 0.2) is 5.96 Å². The van der Waals surface area contributed by atoms with Crippen molar-refractivity contribution in [2.75, 3.05) is 11.9 Å². The Kier molecular flexibility index (Phi) is 3.30. The van der Waals surface area contributed by atoms with Gasteiger partial charge in [-0.1, -0.05) is 19.9 Å². The van der Waals surface area contributed by atoms with Crippen molar-refractivity contribution in [3.63, 3.8) is 0 Å². The molecule has 1 aromatic rings. The maximum atomic E-state index is 6.29. The van der Waals surface area contributed by atoms with E-state index >= 15 is 0 Å². The summed E-state index contributed by atoms with van der Waals surface area (Å²) in [5, 5.41) is 3.09. The van der Waals surface area contributed by atoms with Crippen molar-refractivity contribution in [3.05, 3.63) is 29.3 Å². The largest absolute Gasteiger partial charge is 0.370 e. The first-order chi connectivity index (χ1) is 8.44. The molecule has 0 fully saturated rings. The number of aliphatic imine (C=N–C) groups is 1. The van der Waals surface area contributed by atoms with E-state index < -0.39 is 0 Å². The number of rotatable bonds is 2. The van der Waals surface area contributed by atoms with Crippen LogP contribution in [0, 0.1) is 5.41 Å². The number of anilines is 1. The zero-order chi connectivity index (χ0) is 13.3. The van der Waals surface area contributed by atoms with Crippen LogP contribution in [-0.4, -0.2) is 12.5 Å². The van der Waals surface area contributed by atoms with Crippen molar-refractivity contribution in [2.24, 2.45) is 21.9 Å². The molecule has 0 saturated heterocycles. The molecule has 5 N–H and O–H groups in total. The Hall–Kier alpha value is -1.55. The van der Waals surface area contributed by atoms with Gasteiger partial charge in [0.05, 0.1) is 0 Å². The summed E-state index contributed by atoms with van der Waals surface area (Å²) in [5.41, 5.74) is 15.7. The minimum Gasteiger partial charge on any atom is -0.370 e. The van der Waals surface area contributed by atoms with Crippen molar-refractivity contribution in [1.82, 2.24) is 0 Å². The molecule has 18 heavy (non-hydrogen) atoms. The predicted octanol–water partition coefficient (Wildman–Crippen LogP) is 2.02. The zero-order valence-electron chi connectivity index (χ0n) is 11.3. The zero-order valence-corrected chi connectivity index (χ0v) is 11.3. The molecule has 1 aliphatic carbocycles. The highest BCUT2D eigenvalue weighted by atomic mass is 15.1. The minimum absolute atomic E-state index is 0.0820. The summed E-state index contributed by atoms with van der Waals surface area (Å²) in [7, 11) is 0. The molecule has 0 amide bonds. The van der Waals surface area contributed by atoms with E-state index in [2.05, 4.69) is 36.3 Å². The fourth-order valence-corrected chi connectivity index (χ4v) is 2.50. The lowest BCUT2D eigenvalue weighted by Crippen LogP contribution is -2.25. The number of fused-ring (bicyclic) bond motifs is 1. The molecule has 0 heterocycles. The highest BCUT2D eigenvalue weighted by molar-refractivity contribution is 5.92. The summed E-state index contributed by atoms with van der Waals surface area (Å²) in [4.78, 5) is 4.11. The monoisotopic (exact) mass is 246 g/mol. The van der Waals surface area contributed by atoms with Gasteiger partial charge in [-0.15, -0.1) is 0 Å². The maximum absolute atomic E-state index is 6.29. The number of guanidine groups is 1. The first-order valence-electron chi connectivity index (χ1n) is 6.39. The molecule has 4 nitrogen and oxygen atoms in total. The average Bonchev–Trinajstić information content (AvgIpc) is 2.51. The van der Waals surface area contributed by atoms with Crippen LogP contribution < -0.4 is 16.8 Å². The van der Waals surface area contributed by atoms with Crippen LogP contribution in [-0.2, 0) is 6.42 Å². The molecule has 1 aromatic carbocycles. The van der Waals surface area contributed by atoms with Crippen LogP contribution in [0.2, 0.25) is 0 Å². The Balaban J connectivity index is 2.25. The summed E-state index contributed by atoms with van der Waals surface area (Å²) < 4.78 is 0. The van der Waals surface area contributed by atoms with Crippen LogP contribution in [0.15, 0.2) is 23.2 Å². The highest BCUT2D eigenvalue weighted by Crippen LogP contribution is 2.44. The van der Waals surface area contributed by atoms with Gasteiger partial charge in [0, 0.05) is 18.3 Å². The number of hydrogen-bond donors (Lipinski definition) is 3. The standard InChI is InChI=1S/C14H22N4/c1-4-17-13(16)18-10-6-5-9-8-14(2,3)12(15)11(9)7-10/h5-7,12H,4,8,15H2,1-3H3,(H3,16,17,18). The van der Waals surface area contributed by atoms with E-state index in [1.165, 1.54) is 11.1 Å². The molecule has 4 heteroatoms. The maximum Gasteiger partial charge on any atom is 0.193 e. The summed E-state index contributed by atoms with van der Waals surface area (Å²) >= 11 is 0. The quantitative estimate of drug-likeness (QED) is 0.552. The van der Waals surface area contributed by atoms with Gasteiger partial charge >= 0.3 is 0 Å². The molecule has 98 valence electrons. The molecule has 0 bridgehead atoms. The lowest BCUT2D eigenvalue weighted by Gasteiger charge is -2.23. The molecule has 1 unspecified atom stereocenters. The Morgan fingerprint density at radius 3 is 2.89 bits per heavy atom. The van der Waals surface area contributed by atoms with E-state index in [4.69, 9.17) is 11.5 Å². The third-order valence-corrected chi connectivity index (χ3v) is 3.57. The lowest BCUT2D eigenvalue weighted by atomic mass is 9.86. The van der Waals surface area contributed by atoms with Crippen LogP contribution >= 0.6 is 0 Å². The van der Waals surface area contributed by atoms with E-state index in [1.54, 1.807) is 0 Å². The molecule has 0 aromatic heterocycles. The van der Waals surface area contributed by atoms with Gasteiger partial charge in [-0.25, -0.2) is 0 Å². The number of nitrogens with one attached hydrogen (secondary N) is 1. The van der Waals surface area contributed by atoms with Crippen LogP contribution in [0.5, 0.6) is 0 Å². The number of benzene rings is 1. The van der Waals surface area contributed by atoms with Crippen LogP contribution in [0.4, 0.5) is 5.69 Å². The number of nitrogens with zero attached hydrogens (tertiary/aromatic N) is 1. The third-order valence-electron chi connectivity index (χ3n) is 3.57.